The molecule has 4 heteroatoms. The van der Waals surface area contributed by atoms with Gasteiger partial charge in [0.2, 0.25) is 11.8 Å². The summed E-state index contributed by atoms with van der Waals surface area (Å²) < 4.78 is 0. The third-order valence-corrected chi connectivity index (χ3v) is 3.59. The summed E-state index contributed by atoms with van der Waals surface area (Å²) >= 11 is 0. The van der Waals surface area contributed by atoms with E-state index in [1.165, 1.54) is 11.1 Å². The second-order valence-electron chi connectivity index (χ2n) is 5.17. The highest BCUT2D eigenvalue weighted by molar-refractivity contribution is 5.82. The topological polar surface area (TPSA) is 49.4 Å². The first kappa shape index (κ1) is 13.6. The van der Waals surface area contributed by atoms with E-state index in [2.05, 4.69) is 24.4 Å². The first-order chi connectivity index (χ1) is 9.06. The number of likely N-dealkylation sites (tertiary alicyclic amines) is 1. The Labute approximate surface area is 113 Å². The zero-order valence-corrected chi connectivity index (χ0v) is 11.5. The number of likely N-dealkylation sites (N-methyl/N-ethyl adjacent to an activating group) is 1. The van der Waals surface area contributed by atoms with Crippen molar-refractivity contribution < 1.29 is 9.59 Å². The van der Waals surface area contributed by atoms with Crippen molar-refractivity contribution in [2.75, 3.05) is 13.6 Å². The fourth-order valence-corrected chi connectivity index (χ4v) is 2.40. The van der Waals surface area contributed by atoms with Crippen LogP contribution in [0, 0.1) is 6.92 Å². The van der Waals surface area contributed by atoms with Gasteiger partial charge in [0.05, 0.1) is 6.04 Å². The standard InChI is InChI=1S/C15H20N2O2/c1-11-5-3-4-6-12(11)7-8-14(18)16-13-9-15(19)17(2)10-13/h3-6,13H,7-10H2,1-2H3,(H,16,18). The minimum atomic E-state index is -0.0260. The highest BCUT2D eigenvalue weighted by Gasteiger charge is 2.27. The molecule has 1 heterocycles. The normalized spacial score (nSPS) is 18.7. The van der Waals surface area contributed by atoms with E-state index in [1.807, 2.05) is 12.1 Å². The second kappa shape index (κ2) is 5.87. The third kappa shape index (κ3) is 3.56. The molecule has 4 nitrogen and oxygen atoms in total. The second-order valence-corrected chi connectivity index (χ2v) is 5.17. The monoisotopic (exact) mass is 260 g/mol. The lowest BCUT2D eigenvalue weighted by Gasteiger charge is -2.12. The Morgan fingerprint density at radius 3 is 2.79 bits per heavy atom. The van der Waals surface area contributed by atoms with Crippen molar-refractivity contribution in [1.29, 1.82) is 0 Å². The minimum absolute atomic E-state index is 0.0244. The number of rotatable bonds is 4. The molecule has 0 aromatic heterocycles. The number of benzene rings is 1. The van der Waals surface area contributed by atoms with E-state index in [-0.39, 0.29) is 17.9 Å². The van der Waals surface area contributed by atoms with Crippen molar-refractivity contribution in [3.05, 3.63) is 35.4 Å². The Balaban J connectivity index is 1.79. The maximum absolute atomic E-state index is 11.9. The van der Waals surface area contributed by atoms with Gasteiger partial charge in [-0.25, -0.2) is 0 Å². The van der Waals surface area contributed by atoms with E-state index in [4.69, 9.17) is 0 Å². The van der Waals surface area contributed by atoms with Crippen LogP contribution in [0.15, 0.2) is 24.3 Å². The van der Waals surface area contributed by atoms with Gasteiger partial charge in [-0.1, -0.05) is 24.3 Å². The van der Waals surface area contributed by atoms with Crippen LogP contribution in [-0.2, 0) is 16.0 Å². The molecule has 0 bridgehead atoms. The van der Waals surface area contributed by atoms with Gasteiger partial charge in [0.25, 0.3) is 0 Å². The molecule has 1 atom stereocenters. The molecule has 1 N–H and O–H groups in total. The SMILES string of the molecule is Cc1ccccc1CCC(=O)NC1CC(=O)N(C)C1. The van der Waals surface area contributed by atoms with E-state index in [9.17, 15) is 9.59 Å². The third-order valence-electron chi connectivity index (χ3n) is 3.59. The van der Waals surface area contributed by atoms with Crippen LogP contribution in [0.3, 0.4) is 0 Å². The maximum Gasteiger partial charge on any atom is 0.224 e. The van der Waals surface area contributed by atoms with Gasteiger partial charge < -0.3 is 10.2 Å². The first-order valence-electron chi connectivity index (χ1n) is 6.64. The van der Waals surface area contributed by atoms with Crippen LogP contribution in [0.5, 0.6) is 0 Å². The van der Waals surface area contributed by atoms with Crippen LogP contribution in [0.4, 0.5) is 0 Å². The maximum atomic E-state index is 11.9. The van der Waals surface area contributed by atoms with Crippen LogP contribution in [-0.4, -0.2) is 36.3 Å². The number of hydrogen-bond acceptors (Lipinski definition) is 2. The summed E-state index contributed by atoms with van der Waals surface area (Å²) in [5.74, 6) is 0.126. The fourth-order valence-electron chi connectivity index (χ4n) is 2.40. The molecule has 102 valence electrons. The molecule has 0 saturated carbocycles. The molecular weight excluding hydrogens is 240 g/mol. The van der Waals surface area contributed by atoms with Gasteiger partial charge in [0, 0.05) is 26.4 Å². The van der Waals surface area contributed by atoms with Gasteiger partial charge in [-0.3, -0.25) is 9.59 Å². The highest BCUT2D eigenvalue weighted by Crippen LogP contribution is 2.11. The van der Waals surface area contributed by atoms with Gasteiger partial charge >= 0.3 is 0 Å². The number of carbonyl (C=O) groups is 2. The average molecular weight is 260 g/mol. The van der Waals surface area contributed by atoms with Gasteiger partial charge in [-0.15, -0.1) is 0 Å². The molecule has 1 aliphatic heterocycles. The van der Waals surface area contributed by atoms with Crippen molar-refractivity contribution in [3.63, 3.8) is 0 Å². The molecule has 1 aromatic rings. The van der Waals surface area contributed by atoms with Crippen LogP contribution in [0.2, 0.25) is 0 Å². The molecule has 2 amide bonds. The van der Waals surface area contributed by atoms with Crippen LogP contribution < -0.4 is 5.32 Å². The predicted molar refractivity (Wildman–Crippen MR) is 73.7 cm³/mol. The molecule has 1 aliphatic rings. The van der Waals surface area contributed by atoms with Gasteiger partial charge in [0.15, 0.2) is 0 Å². The largest absolute Gasteiger partial charge is 0.351 e. The van der Waals surface area contributed by atoms with Gasteiger partial charge in [0.1, 0.15) is 0 Å². The van der Waals surface area contributed by atoms with E-state index < -0.39 is 0 Å². The number of aryl methyl sites for hydroxylation is 2. The van der Waals surface area contributed by atoms with E-state index in [0.29, 0.717) is 19.4 Å². The molecular formula is C15H20N2O2. The molecule has 0 spiro atoms. The molecule has 0 aliphatic carbocycles. The molecule has 2 rings (SSSR count). The molecule has 1 saturated heterocycles. The Hall–Kier alpha value is -1.84. The van der Waals surface area contributed by atoms with Gasteiger partial charge in [-0.05, 0) is 24.5 Å². The summed E-state index contributed by atoms with van der Waals surface area (Å²) in [5.41, 5.74) is 2.42. The summed E-state index contributed by atoms with van der Waals surface area (Å²) in [7, 11) is 1.77. The molecule has 1 fully saturated rings. The summed E-state index contributed by atoms with van der Waals surface area (Å²) in [6.07, 6.45) is 1.64. The Morgan fingerprint density at radius 2 is 2.16 bits per heavy atom. The van der Waals surface area contributed by atoms with Crippen LogP contribution in [0.25, 0.3) is 0 Å². The van der Waals surface area contributed by atoms with E-state index in [0.717, 1.165) is 6.42 Å². The summed E-state index contributed by atoms with van der Waals surface area (Å²) in [4.78, 5) is 24.9. The summed E-state index contributed by atoms with van der Waals surface area (Å²) in [6.45, 7) is 2.67. The number of amides is 2. The quantitative estimate of drug-likeness (QED) is 0.886. The first-order valence-corrected chi connectivity index (χ1v) is 6.64. The predicted octanol–water partition coefficient (Wildman–Crippen LogP) is 1.27. The summed E-state index contributed by atoms with van der Waals surface area (Å²) in [6, 6.07) is 8.07. The van der Waals surface area contributed by atoms with Crippen molar-refractivity contribution in [2.45, 2.75) is 32.2 Å². The highest BCUT2D eigenvalue weighted by atomic mass is 16.2. The number of hydrogen-bond donors (Lipinski definition) is 1. The fraction of sp³-hybridized carbons (Fsp3) is 0.467. The average Bonchev–Trinajstić information content (AvgIpc) is 2.67. The molecule has 19 heavy (non-hydrogen) atoms. The van der Waals surface area contributed by atoms with Gasteiger partial charge in [-0.2, -0.15) is 0 Å². The van der Waals surface area contributed by atoms with Crippen LogP contribution >= 0.6 is 0 Å². The number of nitrogens with zero attached hydrogens (tertiary/aromatic N) is 1. The minimum Gasteiger partial charge on any atom is -0.351 e. The Morgan fingerprint density at radius 1 is 1.42 bits per heavy atom. The molecule has 0 radical (unpaired) electrons. The lowest BCUT2D eigenvalue weighted by atomic mass is 10.0. The lowest BCUT2D eigenvalue weighted by molar-refractivity contribution is -0.126. The summed E-state index contributed by atoms with van der Waals surface area (Å²) in [5, 5.41) is 2.93. The Kier molecular flexibility index (Phi) is 4.20. The molecule has 1 aromatic carbocycles. The van der Waals surface area contributed by atoms with Crippen molar-refractivity contribution in [3.8, 4) is 0 Å². The zero-order chi connectivity index (χ0) is 13.8. The van der Waals surface area contributed by atoms with E-state index in [1.54, 1.807) is 11.9 Å². The number of carbonyl (C=O) groups excluding carboxylic acids is 2. The van der Waals surface area contributed by atoms with E-state index >= 15 is 0 Å². The zero-order valence-electron chi connectivity index (χ0n) is 11.5. The lowest BCUT2D eigenvalue weighted by Crippen LogP contribution is -2.36. The number of nitrogens with one attached hydrogen (secondary N) is 1. The van der Waals surface area contributed by atoms with Crippen molar-refractivity contribution in [1.82, 2.24) is 10.2 Å². The van der Waals surface area contributed by atoms with Crippen LogP contribution in [0.1, 0.15) is 24.0 Å². The Bertz CT molecular complexity index is 485. The van der Waals surface area contributed by atoms with Crippen molar-refractivity contribution >= 4 is 11.8 Å². The van der Waals surface area contributed by atoms with Crippen molar-refractivity contribution in [2.24, 2.45) is 0 Å². The molecule has 1 unspecified atom stereocenters. The smallest absolute Gasteiger partial charge is 0.224 e.